The van der Waals surface area contributed by atoms with Crippen molar-refractivity contribution in [1.82, 2.24) is 10.2 Å². The maximum atomic E-state index is 13.3. The van der Waals surface area contributed by atoms with E-state index in [9.17, 15) is 14.0 Å². The average Bonchev–Trinajstić information content (AvgIpc) is 2.74. The lowest BCUT2D eigenvalue weighted by molar-refractivity contribution is -0.143. The summed E-state index contributed by atoms with van der Waals surface area (Å²) in [5.41, 5.74) is 0.728. The predicted molar refractivity (Wildman–Crippen MR) is 116 cm³/mol. The second-order valence-electron chi connectivity index (χ2n) is 7.13. The van der Waals surface area contributed by atoms with Crippen molar-refractivity contribution in [3.8, 4) is 5.75 Å². The van der Waals surface area contributed by atoms with Gasteiger partial charge in [-0.1, -0.05) is 37.6 Å². The predicted octanol–water partition coefficient (Wildman–Crippen LogP) is 4.58. The number of benzene rings is 2. The van der Waals surface area contributed by atoms with Gasteiger partial charge in [0, 0.05) is 17.6 Å². The molecule has 0 heterocycles. The Balaban J connectivity index is 2.19. The van der Waals surface area contributed by atoms with Crippen molar-refractivity contribution >= 4 is 23.4 Å². The van der Waals surface area contributed by atoms with Crippen molar-refractivity contribution in [3.63, 3.8) is 0 Å². The molecule has 0 spiro atoms. The summed E-state index contributed by atoms with van der Waals surface area (Å²) in [5, 5.41) is 3.51. The lowest BCUT2D eigenvalue weighted by Gasteiger charge is -2.31. The molecule has 0 bridgehead atoms. The highest BCUT2D eigenvalue weighted by Gasteiger charge is 2.29. The van der Waals surface area contributed by atoms with Crippen LogP contribution in [0.15, 0.2) is 48.5 Å². The topological polar surface area (TPSA) is 58.6 Å². The fourth-order valence-electron chi connectivity index (χ4n) is 2.91. The van der Waals surface area contributed by atoms with E-state index in [0.29, 0.717) is 17.2 Å². The van der Waals surface area contributed by atoms with E-state index >= 15 is 0 Å². The molecule has 0 aliphatic rings. The molecule has 0 radical (unpaired) electrons. The van der Waals surface area contributed by atoms with E-state index < -0.39 is 6.04 Å². The molecule has 0 aromatic heterocycles. The Morgan fingerprint density at radius 3 is 2.27 bits per heavy atom. The Morgan fingerprint density at radius 2 is 1.70 bits per heavy atom. The van der Waals surface area contributed by atoms with Crippen molar-refractivity contribution in [2.75, 3.05) is 6.61 Å². The lowest BCUT2D eigenvalue weighted by atomic mass is 10.1. The van der Waals surface area contributed by atoms with Gasteiger partial charge in [0.1, 0.15) is 17.6 Å². The number of ether oxygens (including phenoxy) is 1. The number of nitrogens with one attached hydrogen (secondary N) is 1. The number of halogens is 2. The van der Waals surface area contributed by atoms with Crippen LogP contribution in [0.2, 0.25) is 5.02 Å². The SMILES string of the molecule is CC[C@@H](C)NC(=O)[C@H](CC)N(Cc1ccc(F)cc1)C(=O)COc1ccc(Cl)cc1. The van der Waals surface area contributed by atoms with E-state index in [0.717, 1.165) is 12.0 Å². The summed E-state index contributed by atoms with van der Waals surface area (Å²) in [5.74, 6) is -0.398. The second-order valence-corrected chi connectivity index (χ2v) is 7.57. The van der Waals surface area contributed by atoms with E-state index in [1.165, 1.54) is 17.0 Å². The number of hydrogen-bond donors (Lipinski definition) is 1. The second kappa shape index (κ2) is 11.6. The van der Waals surface area contributed by atoms with Crippen LogP contribution in [-0.2, 0) is 16.1 Å². The Labute approximate surface area is 182 Å². The van der Waals surface area contributed by atoms with Crippen LogP contribution in [0.4, 0.5) is 4.39 Å². The van der Waals surface area contributed by atoms with E-state index in [2.05, 4.69) is 5.32 Å². The molecule has 1 N–H and O–H groups in total. The summed E-state index contributed by atoms with van der Waals surface area (Å²) in [4.78, 5) is 27.3. The molecule has 2 atom stereocenters. The van der Waals surface area contributed by atoms with Crippen LogP contribution in [-0.4, -0.2) is 35.4 Å². The molecule has 162 valence electrons. The van der Waals surface area contributed by atoms with Crippen molar-refractivity contribution in [1.29, 1.82) is 0 Å². The molecule has 2 amide bonds. The van der Waals surface area contributed by atoms with Crippen LogP contribution in [0.25, 0.3) is 0 Å². The smallest absolute Gasteiger partial charge is 0.261 e. The Hall–Kier alpha value is -2.60. The first kappa shape index (κ1) is 23.7. The Bertz CT molecular complexity index is 827. The quantitative estimate of drug-likeness (QED) is 0.595. The van der Waals surface area contributed by atoms with Gasteiger partial charge in [-0.25, -0.2) is 4.39 Å². The zero-order valence-electron chi connectivity index (χ0n) is 17.5. The molecule has 0 unspecified atom stereocenters. The van der Waals surface area contributed by atoms with Crippen molar-refractivity contribution in [2.45, 2.75) is 52.2 Å². The average molecular weight is 435 g/mol. The molecule has 0 fully saturated rings. The van der Waals surface area contributed by atoms with Crippen LogP contribution >= 0.6 is 11.6 Å². The Morgan fingerprint density at radius 1 is 1.07 bits per heavy atom. The number of rotatable bonds is 10. The first-order valence-corrected chi connectivity index (χ1v) is 10.4. The maximum absolute atomic E-state index is 13.3. The van der Waals surface area contributed by atoms with Gasteiger partial charge >= 0.3 is 0 Å². The maximum Gasteiger partial charge on any atom is 0.261 e. The number of hydrogen-bond acceptors (Lipinski definition) is 3. The summed E-state index contributed by atoms with van der Waals surface area (Å²) in [6.07, 6.45) is 1.23. The van der Waals surface area contributed by atoms with Crippen LogP contribution in [0.3, 0.4) is 0 Å². The molecule has 7 heteroatoms. The lowest BCUT2D eigenvalue weighted by Crippen LogP contribution is -2.51. The summed E-state index contributed by atoms with van der Waals surface area (Å²) in [6.45, 7) is 5.70. The minimum atomic E-state index is -0.662. The molecule has 0 saturated carbocycles. The van der Waals surface area contributed by atoms with E-state index in [-0.39, 0.29) is 36.8 Å². The van der Waals surface area contributed by atoms with E-state index in [1.807, 2.05) is 20.8 Å². The Kier molecular flexibility index (Phi) is 9.12. The van der Waals surface area contributed by atoms with Crippen LogP contribution in [0, 0.1) is 5.82 Å². The highest BCUT2D eigenvalue weighted by atomic mass is 35.5. The molecular weight excluding hydrogens is 407 g/mol. The number of amides is 2. The first-order chi connectivity index (χ1) is 14.3. The van der Waals surface area contributed by atoms with Gasteiger partial charge in [0.25, 0.3) is 5.91 Å². The fraction of sp³-hybridized carbons (Fsp3) is 0.391. The first-order valence-electron chi connectivity index (χ1n) is 10.1. The molecule has 0 saturated heterocycles. The van der Waals surface area contributed by atoms with Gasteiger partial charge in [0.2, 0.25) is 5.91 Å². The largest absolute Gasteiger partial charge is 0.484 e. The highest BCUT2D eigenvalue weighted by Crippen LogP contribution is 2.17. The molecule has 2 aromatic carbocycles. The molecule has 5 nitrogen and oxygen atoms in total. The van der Waals surface area contributed by atoms with Gasteiger partial charge in [-0.15, -0.1) is 0 Å². The zero-order valence-corrected chi connectivity index (χ0v) is 18.3. The van der Waals surface area contributed by atoms with Gasteiger partial charge in [-0.2, -0.15) is 0 Å². The van der Waals surface area contributed by atoms with Gasteiger partial charge in [0.15, 0.2) is 6.61 Å². The highest BCUT2D eigenvalue weighted by molar-refractivity contribution is 6.30. The summed E-state index contributed by atoms with van der Waals surface area (Å²) < 4.78 is 18.9. The van der Waals surface area contributed by atoms with Gasteiger partial charge in [0.05, 0.1) is 0 Å². The summed E-state index contributed by atoms with van der Waals surface area (Å²) in [6, 6.07) is 11.9. The van der Waals surface area contributed by atoms with Gasteiger partial charge < -0.3 is 15.0 Å². The van der Waals surface area contributed by atoms with Crippen LogP contribution in [0.1, 0.15) is 39.2 Å². The number of carbonyl (C=O) groups is 2. The monoisotopic (exact) mass is 434 g/mol. The number of carbonyl (C=O) groups excluding carboxylic acids is 2. The van der Waals surface area contributed by atoms with E-state index in [1.54, 1.807) is 36.4 Å². The van der Waals surface area contributed by atoms with Crippen molar-refractivity contribution < 1.29 is 18.7 Å². The zero-order chi connectivity index (χ0) is 22.1. The molecule has 0 aliphatic heterocycles. The van der Waals surface area contributed by atoms with Crippen molar-refractivity contribution in [2.24, 2.45) is 0 Å². The molecule has 2 aromatic rings. The standard InChI is InChI=1S/C23H28ClFN2O3/c1-4-16(3)26-23(29)21(5-2)27(14-17-6-10-19(25)11-7-17)22(28)15-30-20-12-8-18(24)9-13-20/h6-13,16,21H,4-5,14-15H2,1-3H3,(H,26,29)/t16-,21+/m1/s1. The molecular formula is C23H28ClFN2O3. The van der Waals surface area contributed by atoms with Crippen LogP contribution in [0.5, 0.6) is 5.75 Å². The van der Waals surface area contributed by atoms with E-state index in [4.69, 9.17) is 16.3 Å². The molecule has 2 rings (SSSR count). The van der Waals surface area contributed by atoms with Crippen molar-refractivity contribution in [3.05, 3.63) is 64.9 Å². The third kappa shape index (κ3) is 7.02. The molecule has 0 aliphatic carbocycles. The minimum Gasteiger partial charge on any atom is -0.484 e. The minimum absolute atomic E-state index is 0.000333. The van der Waals surface area contributed by atoms with Crippen LogP contribution < -0.4 is 10.1 Å². The fourth-order valence-corrected chi connectivity index (χ4v) is 3.03. The van der Waals surface area contributed by atoms with Gasteiger partial charge in [-0.3, -0.25) is 9.59 Å². The summed E-state index contributed by atoms with van der Waals surface area (Å²) >= 11 is 5.87. The number of nitrogens with zero attached hydrogens (tertiary/aromatic N) is 1. The third-order valence-corrected chi connectivity index (χ3v) is 5.08. The van der Waals surface area contributed by atoms with Gasteiger partial charge in [-0.05, 0) is 61.7 Å². The normalized spacial score (nSPS) is 12.7. The molecule has 30 heavy (non-hydrogen) atoms. The third-order valence-electron chi connectivity index (χ3n) is 4.83. The summed E-state index contributed by atoms with van der Waals surface area (Å²) in [7, 11) is 0.